The highest BCUT2D eigenvalue weighted by Crippen LogP contribution is 2.28. The van der Waals surface area contributed by atoms with Gasteiger partial charge in [-0.1, -0.05) is 6.07 Å². The van der Waals surface area contributed by atoms with Crippen molar-refractivity contribution in [1.82, 2.24) is 5.32 Å². The van der Waals surface area contributed by atoms with Crippen molar-refractivity contribution in [2.45, 2.75) is 20.0 Å². The number of hydrogen-bond donors (Lipinski definition) is 2. The molecule has 1 unspecified atom stereocenters. The number of rotatable bonds is 5. The molecule has 0 aliphatic rings. The van der Waals surface area contributed by atoms with Crippen LogP contribution in [-0.4, -0.2) is 31.2 Å². The van der Waals surface area contributed by atoms with E-state index >= 15 is 0 Å². The number of carbonyl (C=O) groups excluding carboxylic acids is 1. The summed E-state index contributed by atoms with van der Waals surface area (Å²) in [7, 11) is 1.55. The van der Waals surface area contributed by atoms with Crippen LogP contribution in [-0.2, 0) is 4.79 Å². The summed E-state index contributed by atoms with van der Waals surface area (Å²) in [6, 6.07) is 4.58. The molecule has 1 rings (SSSR count). The molecule has 1 aromatic rings. The molecule has 18 heavy (non-hydrogen) atoms. The summed E-state index contributed by atoms with van der Waals surface area (Å²) in [5.41, 5.74) is 0.777. The zero-order valence-corrected chi connectivity index (χ0v) is 10.9. The smallest absolute Gasteiger partial charge is 0.239 e. The molecule has 0 fully saturated rings. The Balaban J connectivity index is 3.12. The lowest BCUT2D eigenvalue weighted by Gasteiger charge is -2.26. The molecule has 0 saturated carbocycles. The highest BCUT2D eigenvalue weighted by atomic mass is 19.1. The first-order valence-corrected chi connectivity index (χ1v) is 5.93. The molecule has 1 atom stereocenters. The molecule has 0 radical (unpaired) electrons. The van der Waals surface area contributed by atoms with Gasteiger partial charge in [-0.15, -0.1) is 0 Å². The second-order valence-corrected chi connectivity index (χ2v) is 4.04. The summed E-state index contributed by atoms with van der Waals surface area (Å²) in [5.74, 6) is -0.615. The Hall–Kier alpha value is -1.62. The van der Waals surface area contributed by atoms with E-state index in [4.69, 9.17) is 0 Å². The third-order valence-corrected chi connectivity index (χ3v) is 2.78. The number of nitrogens with one attached hydrogen (secondary N) is 1. The number of hydrogen-bond acceptors (Lipinski definition) is 3. The van der Waals surface area contributed by atoms with Crippen LogP contribution >= 0.6 is 0 Å². The van der Waals surface area contributed by atoms with Gasteiger partial charge in [0.25, 0.3) is 0 Å². The fraction of sp³-hybridized carbons (Fsp3) is 0.462. The highest BCUT2D eigenvalue weighted by molar-refractivity contribution is 5.81. The predicted molar refractivity (Wildman–Crippen MR) is 69.0 cm³/mol. The average Bonchev–Trinajstić information content (AvgIpc) is 2.34. The van der Waals surface area contributed by atoms with Crippen LogP contribution in [0.2, 0.25) is 0 Å². The molecule has 0 bridgehead atoms. The number of amides is 1. The first kappa shape index (κ1) is 14.4. The van der Waals surface area contributed by atoms with E-state index in [-0.39, 0.29) is 18.0 Å². The van der Waals surface area contributed by atoms with E-state index in [0.29, 0.717) is 12.2 Å². The Kier molecular flexibility index (Phi) is 5.09. The van der Waals surface area contributed by atoms with Crippen LogP contribution in [0.5, 0.6) is 0 Å². The largest absolute Gasteiger partial charge is 0.389 e. The SMILES string of the molecule is CCN(CC(=O)NC)c1cccc(F)c1C(C)O. The number of likely N-dealkylation sites (N-methyl/N-ethyl adjacent to an activating group) is 2. The standard InChI is InChI=1S/C13H19FN2O2/c1-4-16(8-12(18)15-3)11-7-5-6-10(14)13(11)9(2)17/h5-7,9,17H,4,8H2,1-3H3,(H,15,18). The van der Waals surface area contributed by atoms with Gasteiger partial charge < -0.3 is 15.3 Å². The van der Waals surface area contributed by atoms with Gasteiger partial charge in [0, 0.05) is 24.8 Å². The Labute approximate surface area is 106 Å². The molecule has 4 nitrogen and oxygen atoms in total. The zero-order valence-electron chi connectivity index (χ0n) is 10.9. The van der Waals surface area contributed by atoms with Gasteiger partial charge in [-0.2, -0.15) is 0 Å². The van der Waals surface area contributed by atoms with E-state index < -0.39 is 11.9 Å². The number of carbonyl (C=O) groups is 1. The molecule has 0 saturated heterocycles. The molecular formula is C13H19FN2O2. The topological polar surface area (TPSA) is 52.6 Å². The van der Waals surface area contributed by atoms with E-state index in [9.17, 15) is 14.3 Å². The van der Waals surface area contributed by atoms with Gasteiger partial charge in [0.05, 0.1) is 12.6 Å². The Bertz CT molecular complexity index is 421. The quantitative estimate of drug-likeness (QED) is 0.836. The first-order chi connectivity index (χ1) is 8.51. The number of benzene rings is 1. The molecule has 0 spiro atoms. The zero-order chi connectivity index (χ0) is 13.7. The van der Waals surface area contributed by atoms with E-state index in [2.05, 4.69) is 5.32 Å². The van der Waals surface area contributed by atoms with Gasteiger partial charge in [0.15, 0.2) is 0 Å². The molecule has 1 aromatic carbocycles. The van der Waals surface area contributed by atoms with E-state index in [1.54, 1.807) is 24.1 Å². The van der Waals surface area contributed by atoms with Crippen molar-refractivity contribution in [3.8, 4) is 0 Å². The average molecular weight is 254 g/mol. The lowest BCUT2D eigenvalue weighted by molar-refractivity contribution is -0.119. The van der Waals surface area contributed by atoms with Gasteiger partial charge in [0.2, 0.25) is 5.91 Å². The number of aliphatic hydroxyl groups is 1. The van der Waals surface area contributed by atoms with Crippen molar-refractivity contribution in [3.63, 3.8) is 0 Å². The normalized spacial score (nSPS) is 12.1. The minimum atomic E-state index is -0.917. The first-order valence-electron chi connectivity index (χ1n) is 5.93. The van der Waals surface area contributed by atoms with E-state index in [1.807, 2.05) is 6.92 Å². The van der Waals surface area contributed by atoms with Crippen molar-refractivity contribution in [2.24, 2.45) is 0 Å². The number of halogens is 1. The van der Waals surface area contributed by atoms with E-state index in [1.165, 1.54) is 13.0 Å². The second-order valence-electron chi connectivity index (χ2n) is 4.04. The molecule has 5 heteroatoms. The van der Waals surface area contributed by atoms with Crippen molar-refractivity contribution in [3.05, 3.63) is 29.6 Å². The second kappa shape index (κ2) is 6.35. The molecule has 0 heterocycles. The summed E-state index contributed by atoms with van der Waals surface area (Å²) in [4.78, 5) is 13.1. The maximum Gasteiger partial charge on any atom is 0.239 e. The maximum absolute atomic E-state index is 13.7. The lowest BCUT2D eigenvalue weighted by Crippen LogP contribution is -2.36. The monoisotopic (exact) mass is 254 g/mol. The van der Waals surface area contributed by atoms with Crippen LogP contribution in [0.1, 0.15) is 25.5 Å². The molecule has 0 aliphatic carbocycles. The number of anilines is 1. The number of nitrogens with zero attached hydrogens (tertiary/aromatic N) is 1. The van der Waals surface area contributed by atoms with Crippen molar-refractivity contribution in [1.29, 1.82) is 0 Å². The molecule has 0 aromatic heterocycles. The van der Waals surface area contributed by atoms with Crippen LogP contribution in [0.4, 0.5) is 10.1 Å². The Morgan fingerprint density at radius 1 is 1.56 bits per heavy atom. The molecule has 1 amide bonds. The van der Waals surface area contributed by atoms with Crippen LogP contribution in [0.3, 0.4) is 0 Å². The van der Waals surface area contributed by atoms with Crippen molar-refractivity contribution >= 4 is 11.6 Å². The third kappa shape index (κ3) is 3.20. The van der Waals surface area contributed by atoms with Gasteiger partial charge in [-0.3, -0.25) is 4.79 Å². The third-order valence-electron chi connectivity index (χ3n) is 2.78. The van der Waals surface area contributed by atoms with Crippen molar-refractivity contribution < 1.29 is 14.3 Å². The fourth-order valence-electron chi connectivity index (χ4n) is 1.83. The van der Waals surface area contributed by atoms with Gasteiger partial charge in [0.1, 0.15) is 5.82 Å². The molecule has 0 aliphatic heterocycles. The highest BCUT2D eigenvalue weighted by Gasteiger charge is 2.18. The lowest BCUT2D eigenvalue weighted by atomic mass is 10.1. The summed E-state index contributed by atoms with van der Waals surface area (Å²) in [6.07, 6.45) is -0.917. The van der Waals surface area contributed by atoms with Crippen molar-refractivity contribution in [2.75, 3.05) is 25.0 Å². The minimum absolute atomic E-state index is 0.135. The molecule has 2 N–H and O–H groups in total. The fourth-order valence-corrected chi connectivity index (χ4v) is 1.83. The summed E-state index contributed by atoms with van der Waals surface area (Å²) in [6.45, 7) is 4.07. The summed E-state index contributed by atoms with van der Waals surface area (Å²) in [5, 5.41) is 12.2. The van der Waals surface area contributed by atoms with Gasteiger partial charge in [-0.05, 0) is 26.0 Å². The van der Waals surface area contributed by atoms with Crippen LogP contribution in [0.15, 0.2) is 18.2 Å². The van der Waals surface area contributed by atoms with E-state index in [0.717, 1.165) is 0 Å². The summed E-state index contributed by atoms with van der Waals surface area (Å²) < 4.78 is 13.7. The minimum Gasteiger partial charge on any atom is -0.389 e. The predicted octanol–water partition coefficient (Wildman–Crippen LogP) is 1.45. The van der Waals surface area contributed by atoms with Crippen LogP contribution in [0, 0.1) is 5.82 Å². The van der Waals surface area contributed by atoms with Gasteiger partial charge in [-0.25, -0.2) is 4.39 Å². The molecular weight excluding hydrogens is 235 g/mol. The number of aliphatic hydroxyl groups excluding tert-OH is 1. The van der Waals surface area contributed by atoms with Crippen LogP contribution < -0.4 is 10.2 Å². The van der Waals surface area contributed by atoms with Crippen LogP contribution in [0.25, 0.3) is 0 Å². The maximum atomic E-state index is 13.7. The van der Waals surface area contributed by atoms with Gasteiger partial charge >= 0.3 is 0 Å². The summed E-state index contributed by atoms with van der Waals surface area (Å²) >= 11 is 0. The Morgan fingerprint density at radius 2 is 2.22 bits per heavy atom. The Morgan fingerprint density at radius 3 is 2.72 bits per heavy atom. The molecule has 100 valence electrons.